The third kappa shape index (κ3) is 4.22. The Morgan fingerprint density at radius 3 is 2.53 bits per heavy atom. The molecule has 1 saturated heterocycles. The molecule has 0 aromatic heterocycles. The number of allylic oxidation sites excluding steroid dienone is 4. The maximum absolute atomic E-state index is 17.6. The minimum atomic E-state index is -2.27. The summed E-state index contributed by atoms with van der Waals surface area (Å²) in [5.41, 5.74) is 0.803. The number of anilines is 1. The lowest BCUT2D eigenvalue weighted by atomic mass is 9.44. The van der Waals surface area contributed by atoms with Gasteiger partial charge < -0.3 is 30.5 Å². The van der Waals surface area contributed by atoms with Crippen molar-refractivity contribution in [1.29, 1.82) is 0 Å². The van der Waals surface area contributed by atoms with E-state index in [4.69, 9.17) is 26.8 Å². The highest BCUT2D eigenvalue weighted by Crippen LogP contribution is 2.73. The summed E-state index contributed by atoms with van der Waals surface area (Å²) in [6, 6.07) is 12.9. The molecule has 3 saturated carbocycles. The molecule has 1 aliphatic heterocycles. The Labute approximate surface area is 269 Å². The standard InChI is InChI=1S/C34H36ClF2NO6S/c1-31-10-9-18(40)11-23(31)25(36)13-22-21-14-29-34(28(42)16-39,32(21,2)15-27(41)33(22,31)37)44-30(43-29)17-3-5-19(6-4-17)45-20-7-8-24(35)26(38)12-20/h3-12,21-22,25,27-30,39,41-42H,13-16,38H2,1-2H3/t21-,22-,25-,27-,28?,29+,30-,31-,32-,33-,34+/m0/s1. The lowest BCUT2D eigenvalue weighted by Gasteiger charge is -2.63. The molecular weight excluding hydrogens is 624 g/mol. The first-order valence-corrected chi connectivity index (χ1v) is 16.4. The molecule has 45 heavy (non-hydrogen) atoms. The van der Waals surface area contributed by atoms with Crippen molar-refractivity contribution in [3.8, 4) is 0 Å². The Balaban J connectivity index is 1.20. The molecule has 4 aliphatic carbocycles. The topological polar surface area (TPSA) is 122 Å². The van der Waals surface area contributed by atoms with Crippen LogP contribution in [0.4, 0.5) is 14.5 Å². The van der Waals surface area contributed by atoms with E-state index in [0.29, 0.717) is 16.3 Å². The van der Waals surface area contributed by atoms with Crippen LogP contribution in [-0.2, 0) is 14.3 Å². The number of hydrogen-bond acceptors (Lipinski definition) is 8. The van der Waals surface area contributed by atoms with Gasteiger partial charge in [-0.25, -0.2) is 8.78 Å². The zero-order valence-electron chi connectivity index (χ0n) is 24.8. The van der Waals surface area contributed by atoms with E-state index in [9.17, 15) is 20.1 Å². The van der Waals surface area contributed by atoms with Gasteiger partial charge in [-0.1, -0.05) is 48.5 Å². The fourth-order valence-electron chi connectivity index (χ4n) is 9.30. The largest absolute Gasteiger partial charge is 0.397 e. The van der Waals surface area contributed by atoms with Crippen molar-refractivity contribution in [3.05, 3.63) is 76.9 Å². The Kier molecular flexibility index (Phi) is 7.37. The molecule has 0 bridgehead atoms. The zero-order chi connectivity index (χ0) is 32.1. The molecule has 240 valence electrons. The van der Waals surface area contributed by atoms with Crippen LogP contribution in [0, 0.1) is 22.7 Å². The van der Waals surface area contributed by atoms with Crippen LogP contribution in [0.25, 0.3) is 0 Å². The quantitative estimate of drug-likeness (QED) is 0.310. The summed E-state index contributed by atoms with van der Waals surface area (Å²) in [6.07, 6.45) is -2.51. The molecule has 1 unspecified atom stereocenters. The molecule has 4 fully saturated rings. The monoisotopic (exact) mass is 659 g/mol. The SMILES string of the molecule is C[C@]12C=CC(=O)C=C1[C@@H](F)C[C@H]1[C@@H]3C[C@H]4O[C@H](c5ccc(Sc6ccc(Cl)c(N)c6)cc5)O[C@@]4(C(O)CO)[C@@]3(C)C[C@H](O)[C@@]12F. The lowest BCUT2D eigenvalue weighted by molar-refractivity contribution is -0.257. The summed E-state index contributed by atoms with van der Waals surface area (Å²) >= 11 is 7.55. The molecule has 5 aliphatic rings. The third-order valence-electron chi connectivity index (χ3n) is 11.5. The number of hydrogen-bond donors (Lipinski definition) is 4. The van der Waals surface area contributed by atoms with Crippen molar-refractivity contribution in [2.75, 3.05) is 12.3 Å². The van der Waals surface area contributed by atoms with Crippen molar-refractivity contribution >= 4 is 34.8 Å². The Bertz CT molecular complexity index is 1610. The molecule has 7 rings (SSSR count). The van der Waals surface area contributed by atoms with Crippen LogP contribution < -0.4 is 5.73 Å². The van der Waals surface area contributed by atoms with Gasteiger partial charge in [0.05, 0.1) is 29.5 Å². The molecule has 11 atom stereocenters. The number of carbonyl (C=O) groups excluding carboxylic acids is 1. The Morgan fingerprint density at radius 2 is 1.84 bits per heavy atom. The van der Waals surface area contributed by atoms with E-state index in [2.05, 4.69) is 0 Å². The number of aliphatic hydroxyl groups excluding tert-OH is 3. The molecule has 11 heteroatoms. The molecule has 5 N–H and O–H groups in total. The number of aliphatic hydroxyl groups is 3. The fraction of sp³-hybridized carbons (Fsp3) is 0.500. The summed E-state index contributed by atoms with van der Waals surface area (Å²) in [5.74, 6) is -1.92. The van der Waals surface area contributed by atoms with E-state index >= 15 is 8.78 Å². The van der Waals surface area contributed by atoms with Crippen molar-refractivity contribution in [1.82, 2.24) is 0 Å². The number of rotatable bonds is 5. The van der Waals surface area contributed by atoms with Gasteiger partial charge in [-0.3, -0.25) is 4.79 Å². The highest BCUT2D eigenvalue weighted by Gasteiger charge is 2.79. The van der Waals surface area contributed by atoms with Crippen molar-refractivity contribution in [3.63, 3.8) is 0 Å². The minimum absolute atomic E-state index is 0.0494. The maximum atomic E-state index is 17.6. The Hall–Kier alpha value is -2.31. The highest BCUT2D eigenvalue weighted by atomic mass is 35.5. The van der Waals surface area contributed by atoms with Gasteiger partial charge in [-0.15, -0.1) is 0 Å². The summed E-state index contributed by atoms with van der Waals surface area (Å²) in [5, 5.41) is 33.9. The van der Waals surface area contributed by atoms with E-state index in [-0.39, 0.29) is 24.8 Å². The Morgan fingerprint density at radius 1 is 1.13 bits per heavy atom. The molecule has 0 radical (unpaired) electrons. The van der Waals surface area contributed by atoms with Crippen molar-refractivity contribution in [2.45, 2.75) is 84.9 Å². The number of halogens is 3. The van der Waals surface area contributed by atoms with Crippen LogP contribution in [0.2, 0.25) is 5.02 Å². The highest BCUT2D eigenvalue weighted by molar-refractivity contribution is 7.99. The van der Waals surface area contributed by atoms with Gasteiger partial charge in [0.15, 0.2) is 17.7 Å². The van der Waals surface area contributed by atoms with E-state index in [1.54, 1.807) is 19.1 Å². The van der Waals surface area contributed by atoms with Gasteiger partial charge in [0, 0.05) is 32.1 Å². The number of carbonyl (C=O) groups is 1. The molecule has 2 aromatic carbocycles. The number of alkyl halides is 2. The number of nitrogens with two attached hydrogens (primary N) is 1. The fourth-order valence-corrected chi connectivity index (χ4v) is 10.3. The molecule has 7 nitrogen and oxygen atoms in total. The second-order valence-corrected chi connectivity index (χ2v) is 15.1. The smallest absolute Gasteiger partial charge is 0.185 e. The normalized spacial score (nSPS) is 42.4. The van der Waals surface area contributed by atoms with Gasteiger partial charge in [-0.05, 0) is 80.2 Å². The number of ether oxygens (including phenoxy) is 2. The van der Waals surface area contributed by atoms with Crippen LogP contribution in [0.3, 0.4) is 0 Å². The average Bonchev–Trinajstić information content (AvgIpc) is 3.51. The molecule has 0 amide bonds. The van der Waals surface area contributed by atoms with Gasteiger partial charge in [0.2, 0.25) is 0 Å². The first-order chi connectivity index (χ1) is 21.3. The maximum Gasteiger partial charge on any atom is 0.185 e. The molecule has 0 spiro atoms. The average molecular weight is 660 g/mol. The van der Waals surface area contributed by atoms with Crippen LogP contribution in [0.5, 0.6) is 0 Å². The van der Waals surface area contributed by atoms with Crippen LogP contribution in [0.15, 0.2) is 76.1 Å². The molecule has 1 heterocycles. The van der Waals surface area contributed by atoms with Gasteiger partial charge in [0.1, 0.15) is 17.9 Å². The second kappa shape index (κ2) is 10.6. The van der Waals surface area contributed by atoms with Gasteiger partial charge >= 0.3 is 0 Å². The lowest BCUT2D eigenvalue weighted by Crippen LogP contribution is -2.71. The summed E-state index contributed by atoms with van der Waals surface area (Å²) in [6.45, 7) is 2.73. The first kappa shape index (κ1) is 31.3. The predicted octanol–water partition coefficient (Wildman–Crippen LogP) is 5.51. The van der Waals surface area contributed by atoms with E-state index < -0.39 is 77.1 Å². The van der Waals surface area contributed by atoms with E-state index in [1.165, 1.54) is 23.9 Å². The van der Waals surface area contributed by atoms with Crippen LogP contribution in [-0.4, -0.2) is 63.5 Å². The number of nitrogen functional groups attached to an aromatic ring is 1. The van der Waals surface area contributed by atoms with Gasteiger partial charge in [-0.2, -0.15) is 0 Å². The third-order valence-corrected chi connectivity index (χ3v) is 12.8. The van der Waals surface area contributed by atoms with E-state index in [0.717, 1.165) is 15.9 Å². The van der Waals surface area contributed by atoms with Crippen molar-refractivity contribution < 1.29 is 38.4 Å². The number of fused-ring (bicyclic) bond motifs is 7. The zero-order valence-corrected chi connectivity index (χ0v) is 26.4. The van der Waals surface area contributed by atoms with E-state index in [1.807, 2.05) is 37.3 Å². The van der Waals surface area contributed by atoms with Crippen LogP contribution >= 0.6 is 23.4 Å². The summed E-state index contributed by atoms with van der Waals surface area (Å²) in [7, 11) is 0. The summed E-state index contributed by atoms with van der Waals surface area (Å²) < 4.78 is 46.5. The molecular formula is C34H36ClF2NO6S. The molecule has 2 aromatic rings. The van der Waals surface area contributed by atoms with Crippen molar-refractivity contribution in [2.24, 2.45) is 22.7 Å². The summed E-state index contributed by atoms with van der Waals surface area (Å²) in [4.78, 5) is 14.0. The number of benzene rings is 2. The number of ketones is 1. The minimum Gasteiger partial charge on any atom is -0.397 e. The predicted molar refractivity (Wildman–Crippen MR) is 165 cm³/mol. The second-order valence-electron chi connectivity index (χ2n) is 13.5. The van der Waals surface area contributed by atoms with Crippen LogP contribution in [0.1, 0.15) is 45.0 Å². The first-order valence-electron chi connectivity index (χ1n) is 15.2. The van der Waals surface area contributed by atoms with Gasteiger partial charge in [0.25, 0.3) is 0 Å².